The fourth-order valence-corrected chi connectivity index (χ4v) is 2.69. The molecule has 0 aromatic heterocycles. The van der Waals surface area contributed by atoms with Gasteiger partial charge in [0.25, 0.3) is 5.92 Å². The van der Waals surface area contributed by atoms with Crippen molar-refractivity contribution in [3.63, 3.8) is 0 Å². The van der Waals surface area contributed by atoms with Crippen molar-refractivity contribution < 1.29 is 31.8 Å². The van der Waals surface area contributed by atoms with Crippen molar-refractivity contribution >= 4 is 11.8 Å². The number of alkyl halides is 5. The highest BCUT2D eigenvalue weighted by atomic mass is 32.2. The summed E-state index contributed by atoms with van der Waals surface area (Å²) in [5.41, 5.74) is -0.0506. The quantitative estimate of drug-likeness (QED) is 0.679. The number of ether oxygens (including phenoxy) is 1. The lowest BCUT2D eigenvalue weighted by Crippen LogP contribution is -2.21. The third-order valence-corrected chi connectivity index (χ3v) is 3.59. The molecule has 20 heavy (non-hydrogen) atoms. The van der Waals surface area contributed by atoms with Gasteiger partial charge in [0.2, 0.25) is 0 Å². The fourth-order valence-electron chi connectivity index (χ4n) is 2.03. The van der Waals surface area contributed by atoms with Crippen LogP contribution in [-0.4, -0.2) is 31.1 Å². The number of halogens is 5. The van der Waals surface area contributed by atoms with Crippen molar-refractivity contribution in [2.45, 2.75) is 30.0 Å². The average molecular weight is 316 g/mol. The number of aliphatic hydroxyl groups is 1. The smallest absolute Gasteiger partial charge is 0.387 e. The molecule has 2 nitrogen and oxygen atoms in total. The molecular weight excluding hydrogens is 303 g/mol. The topological polar surface area (TPSA) is 29.5 Å². The van der Waals surface area contributed by atoms with E-state index in [1.54, 1.807) is 6.26 Å². The minimum atomic E-state index is -3.35. The first-order valence-electron chi connectivity index (χ1n) is 5.45. The lowest BCUT2D eigenvalue weighted by molar-refractivity contribution is -0.0979. The molecule has 8 heteroatoms. The summed E-state index contributed by atoms with van der Waals surface area (Å²) in [5, 5.41) is 9.57. The molecule has 0 aliphatic heterocycles. The number of fused-ring (bicyclic) bond motifs is 1. The van der Waals surface area contributed by atoms with Gasteiger partial charge in [0.1, 0.15) is 11.9 Å². The van der Waals surface area contributed by atoms with Gasteiger partial charge in [-0.3, -0.25) is 4.39 Å². The minimum Gasteiger partial charge on any atom is -0.435 e. The Labute approximate surface area is 116 Å². The van der Waals surface area contributed by atoms with E-state index in [9.17, 15) is 27.1 Å². The summed E-state index contributed by atoms with van der Waals surface area (Å²) in [6, 6.07) is 2.62. The fraction of sp³-hybridized carbons (Fsp3) is 0.500. The SMILES string of the molecule is CF.CSc1ccc(OC(F)F)c2c1C(O)C(F)(F)C2. The third kappa shape index (κ3) is 3.17. The molecule has 1 unspecified atom stereocenters. The number of aliphatic hydroxyl groups excluding tert-OH is 1. The van der Waals surface area contributed by atoms with Crippen molar-refractivity contribution in [1.29, 1.82) is 0 Å². The molecule has 0 radical (unpaired) electrons. The summed E-state index contributed by atoms with van der Waals surface area (Å²) < 4.78 is 65.0. The van der Waals surface area contributed by atoms with Crippen LogP contribution in [0.1, 0.15) is 17.2 Å². The molecule has 1 aliphatic carbocycles. The van der Waals surface area contributed by atoms with Gasteiger partial charge in [-0.05, 0) is 18.4 Å². The van der Waals surface area contributed by atoms with E-state index in [0.717, 1.165) is 0 Å². The molecule has 2 rings (SSSR count). The van der Waals surface area contributed by atoms with E-state index in [0.29, 0.717) is 12.1 Å². The predicted octanol–water partition coefficient (Wildman–Crippen LogP) is 3.82. The van der Waals surface area contributed by atoms with Crippen molar-refractivity contribution in [1.82, 2.24) is 0 Å². The molecule has 0 saturated heterocycles. The molecule has 1 aliphatic rings. The Balaban J connectivity index is 0.000000956. The first-order valence-corrected chi connectivity index (χ1v) is 6.67. The maximum absolute atomic E-state index is 13.5. The van der Waals surface area contributed by atoms with Crippen LogP contribution in [0.2, 0.25) is 0 Å². The number of benzene rings is 1. The number of hydrogen-bond acceptors (Lipinski definition) is 3. The van der Waals surface area contributed by atoms with Crippen LogP contribution in [0.25, 0.3) is 0 Å². The zero-order chi connectivity index (χ0) is 15.5. The van der Waals surface area contributed by atoms with Crippen molar-refractivity contribution in [2.24, 2.45) is 0 Å². The molecule has 0 amide bonds. The van der Waals surface area contributed by atoms with E-state index < -0.39 is 25.1 Å². The van der Waals surface area contributed by atoms with Crippen molar-refractivity contribution in [2.75, 3.05) is 13.4 Å². The van der Waals surface area contributed by atoms with Crippen LogP contribution in [0.15, 0.2) is 17.0 Å². The first-order chi connectivity index (χ1) is 9.36. The van der Waals surface area contributed by atoms with E-state index in [2.05, 4.69) is 4.74 Å². The molecular formula is C12H13F5O2S. The average Bonchev–Trinajstić information content (AvgIpc) is 2.64. The Kier molecular flexibility index (Phi) is 5.64. The van der Waals surface area contributed by atoms with Crippen LogP contribution < -0.4 is 4.74 Å². The molecule has 0 fully saturated rings. The van der Waals surface area contributed by atoms with Gasteiger partial charge in [0.05, 0.1) is 7.18 Å². The second-order valence-corrected chi connectivity index (χ2v) is 4.73. The van der Waals surface area contributed by atoms with E-state index in [4.69, 9.17) is 0 Å². The zero-order valence-corrected chi connectivity index (χ0v) is 11.5. The second-order valence-electron chi connectivity index (χ2n) is 3.88. The van der Waals surface area contributed by atoms with Crippen LogP contribution >= 0.6 is 11.8 Å². The Morgan fingerprint density at radius 1 is 1.35 bits per heavy atom. The number of thioether (sulfide) groups is 1. The highest BCUT2D eigenvalue weighted by Gasteiger charge is 2.49. The summed E-state index contributed by atoms with van der Waals surface area (Å²) in [6.45, 7) is -3.08. The molecule has 1 atom stereocenters. The second kappa shape index (κ2) is 6.62. The van der Waals surface area contributed by atoms with E-state index in [1.807, 2.05) is 0 Å². The molecule has 114 valence electrons. The molecule has 1 aromatic carbocycles. The highest BCUT2D eigenvalue weighted by Crippen LogP contribution is 2.49. The van der Waals surface area contributed by atoms with Gasteiger partial charge >= 0.3 is 6.61 Å². The summed E-state index contributed by atoms with van der Waals surface area (Å²) in [7, 11) is 0.500. The van der Waals surface area contributed by atoms with Crippen molar-refractivity contribution in [3.8, 4) is 5.75 Å². The van der Waals surface area contributed by atoms with Crippen LogP contribution in [0.4, 0.5) is 22.0 Å². The lowest BCUT2D eigenvalue weighted by atomic mass is 10.1. The zero-order valence-electron chi connectivity index (χ0n) is 10.7. The maximum Gasteiger partial charge on any atom is 0.387 e. The molecule has 1 aromatic rings. The molecule has 0 bridgehead atoms. The Hall–Kier alpha value is -1.02. The predicted molar refractivity (Wildman–Crippen MR) is 65.5 cm³/mol. The normalized spacial score (nSPS) is 19.4. The maximum atomic E-state index is 13.5. The molecule has 0 saturated carbocycles. The summed E-state index contributed by atoms with van der Waals surface area (Å²) in [4.78, 5) is 0.441. The highest BCUT2D eigenvalue weighted by molar-refractivity contribution is 7.98. The monoisotopic (exact) mass is 316 g/mol. The lowest BCUT2D eigenvalue weighted by Gasteiger charge is -2.15. The summed E-state index contributed by atoms with van der Waals surface area (Å²) in [5.74, 6) is -3.65. The van der Waals surface area contributed by atoms with Gasteiger partial charge in [-0.15, -0.1) is 11.8 Å². The minimum absolute atomic E-state index is 0.00866. The van der Waals surface area contributed by atoms with Gasteiger partial charge in [0.15, 0.2) is 0 Å². The standard InChI is InChI=1S/C11H10F4O2S.CH3F/c1-18-7-3-2-6(17-10(12)13)5-4-11(14,15)9(16)8(5)7;1-2/h2-3,9-10,16H,4H2,1H3;1H3. The van der Waals surface area contributed by atoms with E-state index in [-0.39, 0.29) is 16.9 Å². The largest absolute Gasteiger partial charge is 0.435 e. The molecule has 0 heterocycles. The van der Waals surface area contributed by atoms with Crippen LogP contribution in [-0.2, 0) is 6.42 Å². The molecule has 0 spiro atoms. The van der Waals surface area contributed by atoms with Gasteiger partial charge < -0.3 is 9.84 Å². The van der Waals surface area contributed by atoms with Gasteiger partial charge in [-0.25, -0.2) is 8.78 Å². The number of rotatable bonds is 3. The van der Waals surface area contributed by atoms with Gasteiger partial charge in [0, 0.05) is 22.4 Å². The van der Waals surface area contributed by atoms with Crippen LogP contribution in [0.5, 0.6) is 5.75 Å². The Morgan fingerprint density at radius 3 is 2.45 bits per heavy atom. The van der Waals surface area contributed by atoms with Gasteiger partial charge in [-0.2, -0.15) is 8.78 Å². The van der Waals surface area contributed by atoms with Gasteiger partial charge in [-0.1, -0.05) is 0 Å². The van der Waals surface area contributed by atoms with E-state index >= 15 is 0 Å². The summed E-state index contributed by atoms with van der Waals surface area (Å²) in [6.07, 6.45) is -1.11. The number of hydrogen-bond donors (Lipinski definition) is 1. The van der Waals surface area contributed by atoms with Crippen LogP contribution in [0.3, 0.4) is 0 Å². The van der Waals surface area contributed by atoms with Crippen molar-refractivity contribution in [3.05, 3.63) is 23.3 Å². The summed E-state index contributed by atoms with van der Waals surface area (Å²) >= 11 is 1.17. The third-order valence-electron chi connectivity index (χ3n) is 2.80. The Morgan fingerprint density at radius 2 is 1.95 bits per heavy atom. The molecule has 1 N–H and O–H groups in total. The van der Waals surface area contributed by atoms with Crippen LogP contribution in [0, 0.1) is 0 Å². The Bertz CT molecular complexity index is 467. The first kappa shape index (κ1) is 17.0. The van der Waals surface area contributed by atoms with E-state index in [1.165, 1.54) is 23.9 Å².